The highest BCUT2D eigenvalue weighted by Gasteiger charge is 2.02. The molecule has 0 heterocycles. The fourth-order valence-corrected chi connectivity index (χ4v) is 0.968. The number of carbonyl (C=O) groups is 1. The van der Waals surface area contributed by atoms with Crippen molar-refractivity contribution in [1.29, 1.82) is 0 Å². The molecule has 1 aromatic rings. The molecule has 14 heavy (non-hydrogen) atoms. The van der Waals surface area contributed by atoms with Gasteiger partial charge in [0.25, 0.3) is 0 Å². The Bertz CT molecular complexity index is 457. The molecule has 0 fully saturated rings. The van der Waals surface area contributed by atoms with Crippen LogP contribution in [0.25, 0.3) is 0 Å². The van der Waals surface area contributed by atoms with Crippen molar-refractivity contribution in [3.05, 3.63) is 29.3 Å². The van der Waals surface area contributed by atoms with Gasteiger partial charge in [-0.3, -0.25) is 0 Å². The summed E-state index contributed by atoms with van der Waals surface area (Å²) in [6.45, 7) is 0. The second-order valence-corrected chi connectivity index (χ2v) is 3.18. The van der Waals surface area contributed by atoms with Crippen molar-refractivity contribution >= 4 is 28.2 Å². The Morgan fingerprint density at radius 3 is 2.36 bits per heavy atom. The zero-order valence-corrected chi connectivity index (χ0v) is 8.25. The number of rotatable bonds is 1. The van der Waals surface area contributed by atoms with Gasteiger partial charge >= 0.3 is 16.6 Å². The van der Waals surface area contributed by atoms with Crippen LogP contribution in [-0.4, -0.2) is 14.5 Å². The molecular weight excluding hydrogens is 230 g/mol. The molecule has 0 saturated heterocycles. The predicted octanol–water partition coefficient (Wildman–Crippen LogP) is 1.90. The lowest BCUT2D eigenvalue weighted by atomic mass is 10.3. The van der Waals surface area contributed by atoms with E-state index in [4.69, 9.17) is 11.6 Å². The standard InChI is InChI=1S/C7H4ClNO4S/c8-5-1-3-6(4-2-5)13-7(10)9-14(11)12/h1-4H. The summed E-state index contributed by atoms with van der Waals surface area (Å²) >= 11 is 5.57. The van der Waals surface area contributed by atoms with E-state index in [1.807, 2.05) is 0 Å². The number of hydrogen-bond acceptors (Lipinski definition) is 4. The molecule has 0 aliphatic heterocycles. The third-order valence-corrected chi connectivity index (χ3v) is 1.72. The second kappa shape index (κ2) is 4.73. The Hall–Kier alpha value is -1.40. The van der Waals surface area contributed by atoms with Crippen LogP contribution in [0.4, 0.5) is 4.79 Å². The predicted molar refractivity (Wildman–Crippen MR) is 48.8 cm³/mol. The lowest BCUT2D eigenvalue weighted by molar-refractivity contribution is 0.212. The van der Waals surface area contributed by atoms with E-state index in [9.17, 15) is 13.2 Å². The van der Waals surface area contributed by atoms with Crippen LogP contribution in [-0.2, 0) is 10.5 Å². The average Bonchev–Trinajstić information content (AvgIpc) is 2.07. The van der Waals surface area contributed by atoms with E-state index in [2.05, 4.69) is 9.10 Å². The van der Waals surface area contributed by atoms with Crippen LogP contribution >= 0.6 is 11.6 Å². The fourth-order valence-electron chi connectivity index (χ4n) is 0.683. The third-order valence-electron chi connectivity index (χ3n) is 1.17. The van der Waals surface area contributed by atoms with Crippen molar-refractivity contribution < 1.29 is 17.9 Å². The van der Waals surface area contributed by atoms with Crippen molar-refractivity contribution in [1.82, 2.24) is 0 Å². The number of ether oxygens (including phenoxy) is 1. The first-order chi connectivity index (χ1) is 6.58. The van der Waals surface area contributed by atoms with Crippen LogP contribution < -0.4 is 4.74 Å². The van der Waals surface area contributed by atoms with Gasteiger partial charge in [-0.05, 0) is 24.3 Å². The maximum absolute atomic E-state index is 10.7. The number of amides is 1. The van der Waals surface area contributed by atoms with E-state index in [1.54, 1.807) is 0 Å². The van der Waals surface area contributed by atoms with Gasteiger partial charge in [0.2, 0.25) is 0 Å². The van der Waals surface area contributed by atoms with Crippen molar-refractivity contribution in [2.24, 2.45) is 4.36 Å². The zero-order chi connectivity index (χ0) is 10.6. The molecule has 74 valence electrons. The summed E-state index contributed by atoms with van der Waals surface area (Å²) < 4.78 is 27.1. The molecule has 0 radical (unpaired) electrons. The quantitative estimate of drug-likeness (QED) is 0.743. The topological polar surface area (TPSA) is 72.8 Å². The summed E-state index contributed by atoms with van der Waals surface area (Å²) in [5.74, 6) is 0.175. The van der Waals surface area contributed by atoms with Crippen LogP contribution in [0.3, 0.4) is 0 Å². The molecule has 1 amide bonds. The smallest absolute Gasteiger partial charge is 0.408 e. The molecular formula is C7H4ClNO4S. The average molecular weight is 234 g/mol. The SMILES string of the molecule is O=C(N=S(=O)=O)Oc1ccc(Cl)cc1. The molecule has 0 aliphatic carbocycles. The summed E-state index contributed by atoms with van der Waals surface area (Å²) in [5.41, 5.74) is 0. The zero-order valence-electron chi connectivity index (χ0n) is 6.68. The molecule has 1 aromatic carbocycles. The van der Waals surface area contributed by atoms with Crippen molar-refractivity contribution in [2.75, 3.05) is 0 Å². The maximum atomic E-state index is 10.7. The summed E-state index contributed by atoms with van der Waals surface area (Å²) in [6.07, 6.45) is -1.19. The van der Waals surface area contributed by atoms with E-state index < -0.39 is 16.6 Å². The summed E-state index contributed by atoms with van der Waals surface area (Å²) in [4.78, 5) is 10.7. The molecule has 7 heteroatoms. The molecule has 0 spiro atoms. The van der Waals surface area contributed by atoms with E-state index >= 15 is 0 Å². The molecule has 0 N–H and O–H groups in total. The minimum absolute atomic E-state index is 0.175. The number of halogens is 1. The van der Waals surface area contributed by atoms with Crippen molar-refractivity contribution in [2.45, 2.75) is 0 Å². The van der Waals surface area contributed by atoms with Gasteiger partial charge in [0.05, 0.1) is 0 Å². The van der Waals surface area contributed by atoms with Gasteiger partial charge in [0.15, 0.2) is 0 Å². The molecule has 1 rings (SSSR count). The first-order valence-corrected chi connectivity index (χ1v) is 4.77. The van der Waals surface area contributed by atoms with E-state index in [0.29, 0.717) is 5.02 Å². The highest BCUT2D eigenvalue weighted by molar-refractivity contribution is 7.62. The largest absolute Gasteiger partial charge is 0.454 e. The minimum atomic E-state index is -2.80. The van der Waals surface area contributed by atoms with Crippen LogP contribution in [0.15, 0.2) is 28.6 Å². The van der Waals surface area contributed by atoms with E-state index in [-0.39, 0.29) is 5.75 Å². The minimum Gasteiger partial charge on any atom is -0.408 e. The Morgan fingerprint density at radius 1 is 1.29 bits per heavy atom. The van der Waals surface area contributed by atoms with Crippen LogP contribution in [0, 0.1) is 0 Å². The van der Waals surface area contributed by atoms with Crippen LogP contribution in [0.5, 0.6) is 5.75 Å². The highest BCUT2D eigenvalue weighted by atomic mass is 35.5. The molecule has 0 atom stereocenters. The third kappa shape index (κ3) is 3.55. The van der Waals surface area contributed by atoms with Gasteiger partial charge in [0.1, 0.15) is 5.75 Å². The number of hydrogen-bond donors (Lipinski definition) is 0. The number of carbonyl (C=O) groups excluding carboxylic acids is 1. The van der Waals surface area contributed by atoms with E-state index in [0.717, 1.165) is 0 Å². The van der Waals surface area contributed by atoms with Gasteiger partial charge in [-0.1, -0.05) is 16.0 Å². The van der Waals surface area contributed by atoms with Crippen molar-refractivity contribution in [3.8, 4) is 5.75 Å². The van der Waals surface area contributed by atoms with E-state index in [1.165, 1.54) is 24.3 Å². The first-order valence-electron chi connectivity index (χ1n) is 3.36. The Balaban J connectivity index is 2.75. The van der Waals surface area contributed by atoms with Crippen LogP contribution in [0.2, 0.25) is 5.02 Å². The Morgan fingerprint density at radius 2 is 1.86 bits per heavy atom. The first kappa shape index (κ1) is 10.7. The maximum Gasteiger partial charge on any atom is 0.454 e. The normalized spacial score (nSPS) is 9.21. The molecule has 0 aromatic heterocycles. The number of nitrogens with zero attached hydrogens (tertiary/aromatic N) is 1. The highest BCUT2D eigenvalue weighted by Crippen LogP contribution is 2.15. The summed E-state index contributed by atoms with van der Waals surface area (Å²) in [5, 5.41) is 0.481. The van der Waals surface area contributed by atoms with Crippen molar-refractivity contribution in [3.63, 3.8) is 0 Å². The summed E-state index contributed by atoms with van der Waals surface area (Å²) in [7, 11) is -2.80. The molecule has 0 aliphatic rings. The molecule has 0 unspecified atom stereocenters. The lowest BCUT2D eigenvalue weighted by Gasteiger charge is -1.97. The molecule has 0 bridgehead atoms. The summed E-state index contributed by atoms with van der Waals surface area (Å²) in [6, 6.07) is 5.84. The molecule has 5 nitrogen and oxygen atoms in total. The van der Waals surface area contributed by atoms with Gasteiger partial charge in [-0.25, -0.2) is 4.79 Å². The van der Waals surface area contributed by atoms with Gasteiger partial charge < -0.3 is 4.74 Å². The Kier molecular flexibility index (Phi) is 3.61. The fraction of sp³-hybridized carbons (Fsp3) is 0. The van der Waals surface area contributed by atoms with Gasteiger partial charge in [-0.2, -0.15) is 8.42 Å². The lowest BCUT2D eigenvalue weighted by Crippen LogP contribution is -2.00. The molecule has 0 saturated carbocycles. The van der Waals surface area contributed by atoms with Gasteiger partial charge in [0, 0.05) is 5.02 Å². The Labute approximate surface area is 86.0 Å². The number of benzene rings is 1. The monoisotopic (exact) mass is 233 g/mol. The van der Waals surface area contributed by atoms with Gasteiger partial charge in [-0.15, -0.1) is 0 Å². The second-order valence-electron chi connectivity index (χ2n) is 2.13. The van der Waals surface area contributed by atoms with Crippen LogP contribution in [0.1, 0.15) is 0 Å².